The Morgan fingerprint density at radius 2 is 2.44 bits per heavy atom. The fraction of sp³-hybridized carbons (Fsp3) is 0.125. The molecule has 1 amide bonds. The molecule has 7 nitrogen and oxygen atoms in total. The van der Waals surface area contributed by atoms with Crippen molar-refractivity contribution < 1.29 is 9.32 Å². The van der Waals surface area contributed by atoms with Crippen molar-refractivity contribution >= 4 is 17.2 Å². The fourth-order valence-electron chi connectivity index (χ4n) is 1.05. The minimum atomic E-state index is -0.616. The molecule has 8 heteroatoms. The lowest BCUT2D eigenvalue weighted by atomic mass is 10.4. The second-order valence-electron chi connectivity index (χ2n) is 2.81. The monoisotopic (exact) mass is 235 g/mol. The Labute approximate surface area is 93.3 Å². The number of aromatic nitrogens is 2. The van der Waals surface area contributed by atoms with Crippen LogP contribution >= 0.6 is 11.3 Å². The maximum absolute atomic E-state index is 11.2. The van der Waals surface area contributed by atoms with Gasteiger partial charge in [0.05, 0.1) is 9.75 Å². The molecular formula is C8H5N5O2S. The van der Waals surface area contributed by atoms with E-state index in [1.165, 1.54) is 0 Å². The zero-order valence-corrected chi connectivity index (χ0v) is 8.93. The van der Waals surface area contributed by atoms with Gasteiger partial charge in [0.15, 0.2) is 5.82 Å². The molecule has 2 aromatic rings. The summed E-state index contributed by atoms with van der Waals surface area (Å²) in [5, 5.41) is 6.63. The molecule has 0 atom stereocenters. The number of rotatable bonds is 2. The highest BCUT2D eigenvalue weighted by atomic mass is 32.1. The minimum absolute atomic E-state index is 0.337. The molecule has 0 aliphatic carbocycles. The van der Waals surface area contributed by atoms with Gasteiger partial charge < -0.3 is 4.52 Å². The summed E-state index contributed by atoms with van der Waals surface area (Å²) in [7, 11) is 0. The van der Waals surface area contributed by atoms with Crippen molar-refractivity contribution in [2.75, 3.05) is 0 Å². The van der Waals surface area contributed by atoms with Gasteiger partial charge in [0.25, 0.3) is 11.8 Å². The van der Waals surface area contributed by atoms with Crippen molar-refractivity contribution in [3.8, 4) is 10.8 Å². The Kier molecular flexibility index (Phi) is 2.67. The third-order valence-electron chi connectivity index (χ3n) is 1.69. The Hall–Kier alpha value is -2.18. The van der Waals surface area contributed by atoms with Crippen molar-refractivity contribution in [3.63, 3.8) is 0 Å². The largest absolute Gasteiger partial charge is 0.333 e. The van der Waals surface area contributed by atoms with Crippen molar-refractivity contribution in [3.05, 3.63) is 33.3 Å². The topological polar surface area (TPSA) is 105 Å². The molecule has 0 spiro atoms. The van der Waals surface area contributed by atoms with Gasteiger partial charge in [-0.3, -0.25) is 4.79 Å². The van der Waals surface area contributed by atoms with Crippen LogP contribution in [0.3, 0.4) is 0 Å². The highest BCUT2D eigenvalue weighted by Gasteiger charge is 2.12. The molecule has 0 radical (unpaired) electrons. The van der Waals surface area contributed by atoms with Gasteiger partial charge in [-0.25, -0.2) is 0 Å². The van der Waals surface area contributed by atoms with Crippen molar-refractivity contribution in [2.45, 2.75) is 6.92 Å². The molecule has 0 unspecified atom stereocenters. The van der Waals surface area contributed by atoms with E-state index in [0.29, 0.717) is 21.5 Å². The summed E-state index contributed by atoms with van der Waals surface area (Å²) in [4.78, 5) is 18.7. The summed E-state index contributed by atoms with van der Waals surface area (Å²) in [5.74, 6) is 0.254. The second-order valence-corrected chi connectivity index (χ2v) is 3.89. The molecule has 2 heterocycles. The molecule has 2 aromatic heterocycles. The Balaban J connectivity index is 2.32. The van der Waals surface area contributed by atoms with Crippen LogP contribution in [0.1, 0.15) is 15.5 Å². The Bertz CT molecular complexity index is 581. The van der Waals surface area contributed by atoms with E-state index in [1.54, 1.807) is 19.1 Å². The number of aryl methyl sites for hydroxylation is 1. The van der Waals surface area contributed by atoms with E-state index in [9.17, 15) is 4.79 Å². The molecule has 0 N–H and O–H groups in total. The van der Waals surface area contributed by atoms with Crippen molar-refractivity contribution in [1.29, 1.82) is 0 Å². The van der Waals surface area contributed by atoms with Crippen LogP contribution in [-0.2, 0) is 0 Å². The van der Waals surface area contributed by atoms with E-state index in [4.69, 9.17) is 10.1 Å². The molecule has 16 heavy (non-hydrogen) atoms. The molecule has 0 bridgehead atoms. The zero-order chi connectivity index (χ0) is 11.5. The van der Waals surface area contributed by atoms with Gasteiger partial charge in [-0.1, -0.05) is 5.16 Å². The maximum atomic E-state index is 11.2. The van der Waals surface area contributed by atoms with Gasteiger partial charge >= 0.3 is 0 Å². The molecule has 0 aliphatic rings. The van der Waals surface area contributed by atoms with Gasteiger partial charge in [-0.15, -0.1) is 11.3 Å². The first kappa shape index (κ1) is 10.3. The summed E-state index contributed by atoms with van der Waals surface area (Å²) in [6.45, 7) is 1.70. The van der Waals surface area contributed by atoms with E-state index in [1.807, 2.05) is 0 Å². The van der Waals surface area contributed by atoms with Crippen molar-refractivity contribution in [2.24, 2.45) is 5.11 Å². The van der Waals surface area contributed by atoms with Crippen LogP contribution in [-0.4, -0.2) is 16.0 Å². The van der Waals surface area contributed by atoms with Gasteiger partial charge in [0.2, 0.25) is 0 Å². The summed E-state index contributed by atoms with van der Waals surface area (Å²) in [6, 6.07) is 3.22. The average molecular weight is 235 g/mol. The smallest absolute Gasteiger partial charge is 0.267 e. The number of thiophene rings is 1. The van der Waals surface area contributed by atoms with Gasteiger partial charge in [-0.2, -0.15) is 4.98 Å². The van der Waals surface area contributed by atoms with E-state index in [-0.39, 0.29) is 0 Å². The van der Waals surface area contributed by atoms with Gasteiger partial charge in [-0.05, 0) is 29.7 Å². The third kappa shape index (κ3) is 1.92. The molecule has 0 saturated heterocycles. The lowest BCUT2D eigenvalue weighted by Crippen LogP contribution is -1.86. The van der Waals surface area contributed by atoms with Gasteiger partial charge in [0, 0.05) is 4.91 Å². The predicted molar refractivity (Wildman–Crippen MR) is 55.8 cm³/mol. The lowest BCUT2D eigenvalue weighted by molar-refractivity contribution is 0.100. The molecular weight excluding hydrogens is 230 g/mol. The van der Waals surface area contributed by atoms with Crippen LogP contribution in [0.2, 0.25) is 0 Å². The number of nitrogens with zero attached hydrogens (tertiary/aromatic N) is 5. The minimum Gasteiger partial charge on any atom is -0.333 e. The van der Waals surface area contributed by atoms with Crippen LogP contribution in [0.25, 0.3) is 21.2 Å². The highest BCUT2D eigenvalue weighted by molar-refractivity contribution is 7.17. The molecule has 0 fully saturated rings. The van der Waals surface area contributed by atoms with Crippen LogP contribution in [0.5, 0.6) is 0 Å². The number of carbonyl (C=O) groups excluding carboxylic acids is 1. The Morgan fingerprint density at radius 3 is 3.06 bits per heavy atom. The lowest BCUT2D eigenvalue weighted by Gasteiger charge is -1.84. The van der Waals surface area contributed by atoms with Crippen molar-refractivity contribution in [1.82, 2.24) is 10.1 Å². The number of azide groups is 1. The van der Waals surface area contributed by atoms with E-state index in [0.717, 1.165) is 11.3 Å². The van der Waals surface area contributed by atoms with Crippen LogP contribution < -0.4 is 0 Å². The summed E-state index contributed by atoms with van der Waals surface area (Å²) >= 11 is 1.14. The van der Waals surface area contributed by atoms with Crippen LogP contribution in [0, 0.1) is 6.92 Å². The first-order valence-corrected chi connectivity index (χ1v) is 5.02. The molecule has 0 aliphatic heterocycles. The summed E-state index contributed by atoms with van der Waals surface area (Å²) in [5.41, 5.74) is 8.13. The standard InChI is InChI=1S/C8H5N5O2S/c1-4-10-8(15-12-4)6-3-2-5(16-6)7(14)11-13-9/h2-3H,1H3. The molecule has 0 saturated carbocycles. The van der Waals surface area contributed by atoms with Gasteiger partial charge in [0.1, 0.15) is 0 Å². The number of hydrogen-bond donors (Lipinski definition) is 0. The van der Waals surface area contributed by atoms with Crippen LogP contribution in [0.4, 0.5) is 0 Å². The maximum Gasteiger partial charge on any atom is 0.267 e. The first-order chi connectivity index (χ1) is 7.70. The molecule has 0 aromatic carbocycles. The average Bonchev–Trinajstić information content (AvgIpc) is 2.85. The third-order valence-corrected chi connectivity index (χ3v) is 2.75. The summed E-state index contributed by atoms with van der Waals surface area (Å²) < 4.78 is 4.94. The number of carbonyl (C=O) groups is 1. The Morgan fingerprint density at radius 1 is 1.62 bits per heavy atom. The molecule has 80 valence electrons. The number of amides is 1. The van der Waals surface area contributed by atoms with E-state index >= 15 is 0 Å². The van der Waals surface area contributed by atoms with E-state index < -0.39 is 5.91 Å². The second kappa shape index (κ2) is 4.13. The SMILES string of the molecule is Cc1noc(-c2ccc(C(=O)N=[N+]=[N-])s2)n1. The van der Waals surface area contributed by atoms with Crippen LogP contribution in [0.15, 0.2) is 21.8 Å². The fourth-order valence-corrected chi connectivity index (χ4v) is 1.86. The first-order valence-electron chi connectivity index (χ1n) is 4.20. The summed E-state index contributed by atoms with van der Waals surface area (Å²) in [6.07, 6.45) is 0. The quantitative estimate of drug-likeness (QED) is 0.453. The zero-order valence-electron chi connectivity index (χ0n) is 8.12. The normalized spacial score (nSPS) is 9.81. The highest BCUT2D eigenvalue weighted by Crippen LogP contribution is 2.27. The predicted octanol–water partition coefficient (Wildman–Crippen LogP) is 2.56. The molecule has 2 rings (SSSR count). The number of hydrogen-bond acceptors (Lipinski definition) is 5. The van der Waals surface area contributed by atoms with E-state index in [2.05, 4.69) is 20.2 Å².